The van der Waals surface area contributed by atoms with Gasteiger partial charge in [-0.1, -0.05) is 25.5 Å². The van der Waals surface area contributed by atoms with E-state index in [9.17, 15) is 14.9 Å². The van der Waals surface area contributed by atoms with Crippen LogP contribution in [0.3, 0.4) is 0 Å². The maximum absolute atomic E-state index is 11.0. The first-order valence-electron chi connectivity index (χ1n) is 6.14. The van der Waals surface area contributed by atoms with Crippen molar-refractivity contribution < 1.29 is 9.72 Å². The summed E-state index contributed by atoms with van der Waals surface area (Å²) in [6, 6.07) is 5.05. The molecule has 0 aliphatic carbocycles. The highest BCUT2D eigenvalue weighted by atomic mass is 32.2. The van der Waals surface area contributed by atoms with Crippen LogP contribution in [0.15, 0.2) is 29.2 Å². The molecule has 1 aromatic rings. The lowest BCUT2D eigenvalue weighted by atomic mass is 10.2. The summed E-state index contributed by atoms with van der Waals surface area (Å²) in [6.07, 6.45) is 5.10. The standard InChI is InChI=1S/C14H17NO3S/c1-3-4-9-19-14-8-7-12(6-5-11(2)16)10-13(14)15(17)18/h5-8,10H,3-4,9H2,1-2H3/b6-5+. The molecular weight excluding hydrogens is 262 g/mol. The molecule has 0 N–H and O–H groups in total. The zero-order valence-corrected chi connectivity index (χ0v) is 11.9. The molecule has 0 spiro atoms. The average molecular weight is 279 g/mol. The predicted molar refractivity (Wildman–Crippen MR) is 78.4 cm³/mol. The van der Waals surface area contributed by atoms with Gasteiger partial charge in [0.2, 0.25) is 0 Å². The number of ketones is 1. The molecule has 0 amide bonds. The zero-order chi connectivity index (χ0) is 14.3. The molecule has 0 radical (unpaired) electrons. The van der Waals surface area contributed by atoms with Gasteiger partial charge in [-0.15, -0.1) is 11.8 Å². The molecule has 0 atom stereocenters. The Morgan fingerprint density at radius 3 is 2.79 bits per heavy atom. The van der Waals surface area contributed by atoms with E-state index in [1.165, 1.54) is 30.8 Å². The summed E-state index contributed by atoms with van der Waals surface area (Å²) < 4.78 is 0. The van der Waals surface area contributed by atoms with E-state index in [-0.39, 0.29) is 16.4 Å². The minimum Gasteiger partial charge on any atom is -0.295 e. The van der Waals surface area contributed by atoms with Crippen LogP contribution in [0.1, 0.15) is 32.3 Å². The predicted octanol–water partition coefficient (Wildman–Crippen LogP) is 4.09. The molecule has 102 valence electrons. The second-order valence-electron chi connectivity index (χ2n) is 4.13. The van der Waals surface area contributed by atoms with Crippen molar-refractivity contribution in [1.29, 1.82) is 0 Å². The Bertz CT molecular complexity index is 497. The fraction of sp³-hybridized carbons (Fsp3) is 0.357. The number of nitro groups is 1. The van der Waals surface area contributed by atoms with Crippen LogP contribution in [-0.2, 0) is 4.79 Å². The van der Waals surface area contributed by atoms with Gasteiger partial charge < -0.3 is 0 Å². The molecule has 19 heavy (non-hydrogen) atoms. The summed E-state index contributed by atoms with van der Waals surface area (Å²) in [5.41, 5.74) is 0.772. The maximum atomic E-state index is 11.0. The van der Waals surface area contributed by atoms with Crippen molar-refractivity contribution in [3.05, 3.63) is 40.0 Å². The lowest BCUT2D eigenvalue weighted by Gasteiger charge is -2.03. The van der Waals surface area contributed by atoms with E-state index in [4.69, 9.17) is 0 Å². The summed E-state index contributed by atoms with van der Waals surface area (Å²) in [5, 5.41) is 11.0. The second-order valence-corrected chi connectivity index (χ2v) is 5.27. The van der Waals surface area contributed by atoms with E-state index < -0.39 is 0 Å². The molecule has 0 aromatic heterocycles. The molecule has 0 bridgehead atoms. The van der Waals surface area contributed by atoms with Gasteiger partial charge in [0.05, 0.1) is 9.82 Å². The summed E-state index contributed by atoms with van der Waals surface area (Å²) in [4.78, 5) is 22.2. The van der Waals surface area contributed by atoms with E-state index in [0.717, 1.165) is 18.6 Å². The molecule has 0 unspecified atom stereocenters. The van der Waals surface area contributed by atoms with Crippen molar-refractivity contribution >= 4 is 29.3 Å². The Hall–Kier alpha value is -1.62. The van der Waals surface area contributed by atoms with Crippen LogP contribution in [0, 0.1) is 10.1 Å². The molecule has 0 saturated carbocycles. The minimum absolute atomic E-state index is 0.0796. The van der Waals surface area contributed by atoms with Gasteiger partial charge >= 0.3 is 0 Å². The molecule has 0 saturated heterocycles. The highest BCUT2D eigenvalue weighted by molar-refractivity contribution is 7.99. The van der Waals surface area contributed by atoms with Crippen LogP contribution in [-0.4, -0.2) is 16.5 Å². The van der Waals surface area contributed by atoms with E-state index in [2.05, 4.69) is 6.92 Å². The summed E-state index contributed by atoms with van der Waals surface area (Å²) in [5.74, 6) is 0.795. The fourth-order valence-electron chi connectivity index (χ4n) is 1.44. The number of thioether (sulfide) groups is 1. The van der Waals surface area contributed by atoms with Gasteiger partial charge in [-0.2, -0.15) is 0 Å². The van der Waals surface area contributed by atoms with Crippen LogP contribution in [0.2, 0.25) is 0 Å². The Kier molecular flexibility index (Phi) is 6.29. The topological polar surface area (TPSA) is 60.2 Å². The largest absolute Gasteiger partial charge is 0.295 e. The molecule has 1 aromatic carbocycles. The van der Waals surface area contributed by atoms with Crippen molar-refractivity contribution in [2.24, 2.45) is 0 Å². The molecule has 4 nitrogen and oxygen atoms in total. The Morgan fingerprint density at radius 2 is 2.21 bits per heavy atom. The van der Waals surface area contributed by atoms with Gasteiger partial charge in [-0.25, -0.2) is 0 Å². The van der Waals surface area contributed by atoms with Gasteiger partial charge in [0.1, 0.15) is 0 Å². The van der Waals surface area contributed by atoms with E-state index in [1.54, 1.807) is 18.2 Å². The van der Waals surface area contributed by atoms with Crippen molar-refractivity contribution in [2.75, 3.05) is 5.75 Å². The van der Waals surface area contributed by atoms with E-state index in [1.807, 2.05) is 0 Å². The van der Waals surface area contributed by atoms with Gasteiger partial charge in [0.15, 0.2) is 5.78 Å². The number of carbonyl (C=O) groups is 1. The van der Waals surface area contributed by atoms with Crippen LogP contribution in [0.4, 0.5) is 5.69 Å². The number of nitrogens with zero attached hydrogens (tertiary/aromatic N) is 1. The van der Waals surface area contributed by atoms with Gasteiger partial charge in [-0.05, 0) is 36.8 Å². The minimum atomic E-state index is -0.376. The van der Waals surface area contributed by atoms with Gasteiger partial charge in [0.25, 0.3) is 5.69 Å². The highest BCUT2D eigenvalue weighted by Gasteiger charge is 2.14. The molecule has 5 heteroatoms. The van der Waals surface area contributed by atoms with Crippen LogP contribution in [0.5, 0.6) is 0 Å². The van der Waals surface area contributed by atoms with Crippen LogP contribution < -0.4 is 0 Å². The third-order valence-electron chi connectivity index (χ3n) is 2.45. The van der Waals surface area contributed by atoms with Gasteiger partial charge in [-0.3, -0.25) is 14.9 Å². The van der Waals surface area contributed by atoms with E-state index in [0.29, 0.717) is 10.5 Å². The number of hydrogen-bond acceptors (Lipinski definition) is 4. The van der Waals surface area contributed by atoms with Crippen LogP contribution >= 0.6 is 11.8 Å². The number of allylic oxidation sites excluding steroid dienone is 1. The number of carbonyl (C=O) groups excluding carboxylic acids is 1. The third-order valence-corrected chi connectivity index (χ3v) is 3.59. The Morgan fingerprint density at radius 1 is 1.47 bits per heavy atom. The first-order valence-corrected chi connectivity index (χ1v) is 7.13. The normalized spacial score (nSPS) is 10.8. The summed E-state index contributed by atoms with van der Waals surface area (Å²) in [6.45, 7) is 3.53. The molecule has 0 heterocycles. The fourth-order valence-corrected chi connectivity index (χ4v) is 2.54. The smallest absolute Gasteiger partial charge is 0.283 e. The number of unbranched alkanes of at least 4 members (excludes halogenated alkanes) is 1. The molecule has 0 fully saturated rings. The zero-order valence-electron chi connectivity index (χ0n) is 11.1. The Balaban J connectivity index is 2.94. The molecule has 0 aliphatic heterocycles. The van der Waals surface area contributed by atoms with Crippen molar-refractivity contribution in [3.8, 4) is 0 Å². The second kappa shape index (κ2) is 7.74. The quantitative estimate of drug-likeness (QED) is 0.248. The monoisotopic (exact) mass is 279 g/mol. The number of nitro benzene ring substituents is 1. The summed E-state index contributed by atoms with van der Waals surface area (Å²) in [7, 11) is 0. The maximum Gasteiger partial charge on any atom is 0.283 e. The van der Waals surface area contributed by atoms with Crippen LogP contribution in [0.25, 0.3) is 6.08 Å². The van der Waals surface area contributed by atoms with Crippen molar-refractivity contribution in [2.45, 2.75) is 31.6 Å². The third kappa shape index (κ3) is 5.26. The highest BCUT2D eigenvalue weighted by Crippen LogP contribution is 2.31. The van der Waals surface area contributed by atoms with Crippen molar-refractivity contribution in [3.63, 3.8) is 0 Å². The SMILES string of the molecule is CCCCSc1ccc(/C=C/C(C)=O)cc1[N+](=O)[O-]. The molecule has 0 aliphatic rings. The van der Waals surface area contributed by atoms with Crippen molar-refractivity contribution in [1.82, 2.24) is 0 Å². The van der Waals surface area contributed by atoms with E-state index >= 15 is 0 Å². The lowest BCUT2D eigenvalue weighted by molar-refractivity contribution is -0.387. The first kappa shape index (κ1) is 15.4. The molecular formula is C14H17NO3S. The lowest BCUT2D eigenvalue weighted by Crippen LogP contribution is -1.92. The number of benzene rings is 1. The Labute approximate surface area is 117 Å². The molecule has 1 rings (SSSR count). The number of rotatable bonds is 7. The summed E-state index contributed by atoms with van der Waals surface area (Å²) >= 11 is 1.50. The van der Waals surface area contributed by atoms with Gasteiger partial charge in [0, 0.05) is 6.07 Å². The average Bonchev–Trinajstić information content (AvgIpc) is 2.37. The first-order chi connectivity index (χ1) is 9.04. The number of hydrogen-bond donors (Lipinski definition) is 0.